The van der Waals surface area contributed by atoms with Crippen LogP contribution < -0.4 is 5.32 Å². The number of thiophene rings is 1. The van der Waals surface area contributed by atoms with Crippen molar-refractivity contribution in [3.05, 3.63) is 52.2 Å². The van der Waals surface area contributed by atoms with Gasteiger partial charge in [0.25, 0.3) is 11.8 Å². The van der Waals surface area contributed by atoms with Gasteiger partial charge in [-0.05, 0) is 41.5 Å². The van der Waals surface area contributed by atoms with Crippen LogP contribution in [0.15, 0.2) is 41.8 Å². The molecule has 1 N–H and O–H groups in total. The molecule has 0 saturated heterocycles. The third kappa shape index (κ3) is 7.34. The summed E-state index contributed by atoms with van der Waals surface area (Å²) < 4.78 is 5.23. The SMILES string of the molecule is CC(C)CN(CC(C)C)C(=O)COC(=O)c1cccc(NC(=O)c2cccs2)c1. The number of anilines is 1. The summed E-state index contributed by atoms with van der Waals surface area (Å²) in [4.78, 5) is 39.3. The Kier molecular flexibility index (Phi) is 8.39. The molecule has 0 bridgehead atoms. The molecule has 1 heterocycles. The minimum atomic E-state index is -0.598. The van der Waals surface area contributed by atoms with Gasteiger partial charge in [0.05, 0.1) is 10.4 Å². The highest BCUT2D eigenvalue weighted by Crippen LogP contribution is 2.15. The summed E-state index contributed by atoms with van der Waals surface area (Å²) in [6.45, 7) is 9.12. The molecule has 0 atom stereocenters. The smallest absolute Gasteiger partial charge is 0.338 e. The summed E-state index contributed by atoms with van der Waals surface area (Å²) in [5.74, 6) is -0.379. The lowest BCUT2D eigenvalue weighted by Crippen LogP contribution is -2.39. The fourth-order valence-electron chi connectivity index (χ4n) is 2.79. The Morgan fingerprint density at radius 3 is 2.31 bits per heavy atom. The van der Waals surface area contributed by atoms with Crippen molar-refractivity contribution in [1.29, 1.82) is 0 Å². The molecule has 29 heavy (non-hydrogen) atoms. The second-order valence-electron chi connectivity index (χ2n) is 7.67. The number of nitrogens with one attached hydrogen (secondary N) is 1. The normalized spacial score (nSPS) is 10.8. The molecule has 0 spiro atoms. The summed E-state index contributed by atoms with van der Waals surface area (Å²) in [7, 11) is 0. The highest BCUT2D eigenvalue weighted by Gasteiger charge is 2.19. The van der Waals surface area contributed by atoms with Crippen LogP contribution in [-0.4, -0.2) is 42.4 Å². The van der Waals surface area contributed by atoms with Gasteiger partial charge in [-0.3, -0.25) is 9.59 Å². The third-order valence-electron chi connectivity index (χ3n) is 3.95. The largest absolute Gasteiger partial charge is 0.452 e. The lowest BCUT2D eigenvalue weighted by atomic mass is 10.1. The van der Waals surface area contributed by atoms with Gasteiger partial charge in [0.15, 0.2) is 6.61 Å². The molecule has 0 aliphatic rings. The maximum Gasteiger partial charge on any atom is 0.338 e. The van der Waals surface area contributed by atoms with Crippen LogP contribution in [0.4, 0.5) is 5.69 Å². The number of amides is 2. The van der Waals surface area contributed by atoms with E-state index in [2.05, 4.69) is 5.32 Å². The molecule has 0 fully saturated rings. The average molecular weight is 417 g/mol. The molecule has 156 valence electrons. The summed E-state index contributed by atoms with van der Waals surface area (Å²) >= 11 is 1.34. The number of carbonyl (C=O) groups is 3. The summed E-state index contributed by atoms with van der Waals surface area (Å²) in [6.07, 6.45) is 0. The number of hydrogen-bond acceptors (Lipinski definition) is 5. The van der Waals surface area contributed by atoms with E-state index < -0.39 is 5.97 Å². The molecule has 0 radical (unpaired) electrons. The number of esters is 1. The Morgan fingerprint density at radius 2 is 1.72 bits per heavy atom. The molecule has 6 nitrogen and oxygen atoms in total. The summed E-state index contributed by atoms with van der Waals surface area (Å²) in [5, 5.41) is 4.58. The molecule has 2 aromatic rings. The summed E-state index contributed by atoms with van der Waals surface area (Å²) in [6, 6.07) is 10.0. The Labute approximate surface area is 175 Å². The van der Waals surface area contributed by atoms with Gasteiger partial charge in [-0.25, -0.2) is 4.79 Å². The third-order valence-corrected chi connectivity index (χ3v) is 4.82. The monoisotopic (exact) mass is 416 g/mol. The zero-order chi connectivity index (χ0) is 21.4. The van der Waals surface area contributed by atoms with Gasteiger partial charge >= 0.3 is 5.97 Å². The standard InChI is InChI=1S/C22H28N2O4S/c1-15(2)12-24(13-16(3)4)20(25)14-28-22(27)17-7-5-8-18(11-17)23-21(26)19-9-6-10-29-19/h5-11,15-16H,12-14H2,1-4H3,(H,23,26). The highest BCUT2D eigenvalue weighted by atomic mass is 32.1. The van der Waals surface area contributed by atoms with Crippen LogP contribution in [0, 0.1) is 11.8 Å². The van der Waals surface area contributed by atoms with E-state index in [9.17, 15) is 14.4 Å². The van der Waals surface area contributed by atoms with Crippen molar-refractivity contribution in [2.45, 2.75) is 27.7 Å². The molecule has 2 rings (SSSR count). The molecule has 1 aromatic heterocycles. The van der Waals surface area contributed by atoms with Crippen molar-refractivity contribution in [2.24, 2.45) is 11.8 Å². The number of carbonyl (C=O) groups excluding carboxylic acids is 3. The molecule has 0 aliphatic heterocycles. The van der Waals surface area contributed by atoms with Crippen LogP contribution >= 0.6 is 11.3 Å². The number of ether oxygens (including phenoxy) is 1. The van der Waals surface area contributed by atoms with E-state index >= 15 is 0 Å². The Morgan fingerprint density at radius 1 is 1.03 bits per heavy atom. The Hall–Kier alpha value is -2.67. The van der Waals surface area contributed by atoms with Gasteiger partial charge in [0.2, 0.25) is 0 Å². The quantitative estimate of drug-likeness (QED) is 0.619. The zero-order valence-corrected chi connectivity index (χ0v) is 18.1. The molecule has 0 saturated carbocycles. The van der Waals surface area contributed by atoms with Crippen molar-refractivity contribution in [3.8, 4) is 0 Å². The Balaban J connectivity index is 1.96. The van der Waals surface area contributed by atoms with Gasteiger partial charge < -0.3 is 15.0 Å². The fraction of sp³-hybridized carbons (Fsp3) is 0.409. The zero-order valence-electron chi connectivity index (χ0n) is 17.3. The second-order valence-corrected chi connectivity index (χ2v) is 8.62. The second kappa shape index (κ2) is 10.8. The van der Waals surface area contributed by atoms with E-state index in [1.54, 1.807) is 35.2 Å². The van der Waals surface area contributed by atoms with Crippen LogP contribution in [-0.2, 0) is 9.53 Å². The molecular formula is C22H28N2O4S. The van der Waals surface area contributed by atoms with Crippen LogP contribution in [0.1, 0.15) is 47.7 Å². The van der Waals surface area contributed by atoms with E-state index in [1.807, 2.05) is 33.1 Å². The molecule has 2 amide bonds. The molecule has 0 aliphatic carbocycles. The van der Waals surface area contributed by atoms with Crippen molar-refractivity contribution < 1.29 is 19.1 Å². The first-order valence-corrected chi connectivity index (χ1v) is 10.5. The average Bonchev–Trinajstić information content (AvgIpc) is 3.19. The van der Waals surface area contributed by atoms with E-state index in [0.717, 1.165) is 0 Å². The molecule has 0 unspecified atom stereocenters. The maximum atomic E-state index is 12.5. The molecule has 7 heteroatoms. The van der Waals surface area contributed by atoms with Crippen molar-refractivity contribution in [3.63, 3.8) is 0 Å². The van der Waals surface area contributed by atoms with Gasteiger partial charge in [0, 0.05) is 18.8 Å². The lowest BCUT2D eigenvalue weighted by Gasteiger charge is -2.26. The van der Waals surface area contributed by atoms with Gasteiger partial charge in [-0.1, -0.05) is 39.8 Å². The van der Waals surface area contributed by atoms with Gasteiger partial charge in [-0.2, -0.15) is 0 Å². The van der Waals surface area contributed by atoms with Crippen LogP contribution in [0.3, 0.4) is 0 Å². The number of benzene rings is 1. The number of nitrogens with zero attached hydrogens (tertiary/aromatic N) is 1. The topological polar surface area (TPSA) is 75.7 Å². The van der Waals surface area contributed by atoms with Crippen LogP contribution in [0.25, 0.3) is 0 Å². The van der Waals surface area contributed by atoms with Crippen molar-refractivity contribution in [2.75, 3.05) is 25.0 Å². The summed E-state index contributed by atoms with van der Waals surface area (Å²) in [5.41, 5.74) is 0.770. The highest BCUT2D eigenvalue weighted by molar-refractivity contribution is 7.12. The number of rotatable bonds is 9. The van der Waals surface area contributed by atoms with E-state index in [1.165, 1.54) is 17.4 Å². The first-order chi connectivity index (χ1) is 13.8. The first-order valence-electron chi connectivity index (χ1n) is 9.66. The predicted molar refractivity (Wildman–Crippen MR) is 115 cm³/mol. The van der Waals surface area contributed by atoms with E-state index in [0.29, 0.717) is 35.5 Å². The van der Waals surface area contributed by atoms with Crippen molar-refractivity contribution >= 4 is 34.8 Å². The fourth-order valence-corrected chi connectivity index (χ4v) is 3.40. The Bertz CT molecular complexity index is 821. The predicted octanol–water partition coefficient (Wildman–Crippen LogP) is 4.30. The molecule has 1 aromatic carbocycles. The van der Waals surface area contributed by atoms with Gasteiger partial charge in [0.1, 0.15) is 0 Å². The maximum absolute atomic E-state index is 12.5. The lowest BCUT2D eigenvalue weighted by molar-refractivity contribution is -0.135. The van der Waals surface area contributed by atoms with Gasteiger partial charge in [-0.15, -0.1) is 11.3 Å². The first kappa shape index (κ1) is 22.6. The van der Waals surface area contributed by atoms with E-state index in [-0.39, 0.29) is 24.0 Å². The minimum absolute atomic E-state index is 0.206. The molecular weight excluding hydrogens is 388 g/mol. The van der Waals surface area contributed by atoms with Crippen LogP contribution in [0.2, 0.25) is 0 Å². The van der Waals surface area contributed by atoms with Crippen LogP contribution in [0.5, 0.6) is 0 Å². The van der Waals surface area contributed by atoms with E-state index in [4.69, 9.17) is 4.74 Å². The van der Waals surface area contributed by atoms with Crippen molar-refractivity contribution in [1.82, 2.24) is 4.90 Å². The minimum Gasteiger partial charge on any atom is -0.452 e. The number of hydrogen-bond donors (Lipinski definition) is 1.